The summed E-state index contributed by atoms with van der Waals surface area (Å²) in [4.78, 5) is 26.9. The molecule has 1 amide bonds. The number of benzene rings is 3. The molecule has 0 aliphatic carbocycles. The van der Waals surface area contributed by atoms with Gasteiger partial charge in [0.05, 0.1) is 36.8 Å². The molecule has 0 unspecified atom stereocenters. The first kappa shape index (κ1) is 22.8. The van der Waals surface area contributed by atoms with Crippen molar-refractivity contribution in [3.63, 3.8) is 0 Å². The third-order valence-electron chi connectivity index (χ3n) is 5.70. The van der Waals surface area contributed by atoms with Crippen LogP contribution in [0.3, 0.4) is 0 Å². The Labute approximate surface area is 193 Å². The van der Waals surface area contributed by atoms with Crippen molar-refractivity contribution >= 4 is 27.4 Å². The summed E-state index contributed by atoms with van der Waals surface area (Å²) in [6, 6.07) is 24.3. The molecule has 0 radical (unpaired) electrons. The zero-order valence-electron chi connectivity index (χ0n) is 18.1. The molecule has 7 nitrogen and oxygen atoms in total. The number of carbonyl (C=O) groups is 2. The van der Waals surface area contributed by atoms with E-state index < -0.39 is 10.0 Å². The van der Waals surface area contributed by atoms with E-state index in [-0.39, 0.29) is 23.1 Å². The number of para-hydroxylation sites is 1. The van der Waals surface area contributed by atoms with Crippen molar-refractivity contribution in [3.05, 3.63) is 96.1 Å². The maximum Gasteiger partial charge on any atom is 0.279 e. The van der Waals surface area contributed by atoms with E-state index in [1.54, 1.807) is 78.9 Å². The molecule has 0 atom stereocenters. The largest absolute Gasteiger partial charge is 0.325 e. The van der Waals surface area contributed by atoms with Gasteiger partial charge in [-0.15, -0.1) is 0 Å². The predicted molar refractivity (Wildman–Crippen MR) is 126 cm³/mol. The Balaban J connectivity index is 1.36. The average Bonchev–Trinajstić information content (AvgIpc) is 2.85. The van der Waals surface area contributed by atoms with Crippen molar-refractivity contribution in [1.82, 2.24) is 4.31 Å². The van der Waals surface area contributed by atoms with Crippen LogP contribution in [-0.4, -0.2) is 57.1 Å². The van der Waals surface area contributed by atoms with Gasteiger partial charge in [0, 0.05) is 11.1 Å². The SMILES string of the molecule is O=C(C[NH+]1CCN(S(=O)(=O)c2ccccc2)CC1)Nc1ccccc1C(=O)c1ccccc1. The number of hydrogen-bond acceptors (Lipinski definition) is 4. The number of piperazine rings is 1. The Kier molecular flexibility index (Phi) is 6.98. The van der Waals surface area contributed by atoms with Gasteiger partial charge in [-0.25, -0.2) is 8.42 Å². The lowest BCUT2D eigenvalue weighted by molar-refractivity contribution is -0.895. The van der Waals surface area contributed by atoms with Crippen molar-refractivity contribution in [2.75, 3.05) is 38.0 Å². The van der Waals surface area contributed by atoms with E-state index >= 15 is 0 Å². The van der Waals surface area contributed by atoms with Gasteiger partial charge in [-0.1, -0.05) is 60.7 Å². The van der Waals surface area contributed by atoms with Crippen molar-refractivity contribution < 1.29 is 22.9 Å². The molecule has 170 valence electrons. The van der Waals surface area contributed by atoms with Gasteiger partial charge in [0.1, 0.15) is 0 Å². The Morgan fingerprint density at radius 2 is 1.39 bits per heavy atom. The molecule has 2 N–H and O–H groups in total. The second-order valence-electron chi connectivity index (χ2n) is 7.93. The number of carbonyl (C=O) groups excluding carboxylic acids is 2. The van der Waals surface area contributed by atoms with Crippen LogP contribution in [0.2, 0.25) is 0 Å². The topological polar surface area (TPSA) is 88.0 Å². The molecule has 1 heterocycles. The number of nitrogens with zero attached hydrogens (tertiary/aromatic N) is 1. The molecular formula is C25H26N3O4S+. The Morgan fingerprint density at radius 3 is 2.06 bits per heavy atom. The monoisotopic (exact) mass is 464 g/mol. The molecule has 1 saturated heterocycles. The van der Waals surface area contributed by atoms with Crippen LogP contribution in [0.5, 0.6) is 0 Å². The molecular weight excluding hydrogens is 438 g/mol. The molecule has 1 aliphatic rings. The van der Waals surface area contributed by atoms with Crippen LogP contribution in [0.25, 0.3) is 0 Å². The van der Waals surface area contributed by atoms with E-state index in [0.717, 1.165) is 4.90 Å². The van der Waals surface area contributed by atoms with Crippen LogP contribution >= 0.6 is 0 Å². The van der Waals surface area contributed by atoms with Crippen molar-refractivity contribution in [3.8, 4) is 0 Å². The lowest BCUT2D eigenvalue weighted by Gasteiger charge is -2.31. The van der Waals surface area contributed by atoms with Gasteiger partial charge in [0.2, 0.25) is 10.0 Å². The van der Waals surface area contributed by atoms with E-state index in [2.05, 4.69) is 5.32 Å². The first-order valence-corrected chi connectivity index (χ1v) is 12.3. The second kappa shape index (κ2) is 10.1. The average molecular weight is 465 g/mol. The second-order valence-corrected chi connectivity index (χ2v) is 9.87. The number of quaternary nitrogens is 1. The van der Waals surface area contributed by atoms with E-state index in [0.29, 0.717) is 43.0 Å². The fraction of sp³-hybridized carbons (Fsp3) is 0.200. The number of sulfonamides is 1. The first-order valence-electron chi connectivity index (χ1n) is 10.8. The van der Waals surface area contributed by atoms with Crippen molar-refractivity contribution in [2.24, 2.45) is 0 Å². The highest BCUT2D eigenvalue weighted by molar-refractivity contribution is 7.89. The van der Waals surface area contributed by atoms with E-state index in [9.17, 15) is 18.0 Å². The fourth-order valence-corrected chi connectivity index (χ4v) is 5.38. The maximum absolute atomic E-state index is 12.9. The zero-order chi connectivity index (χ0) is 23.3. The van der Waals surface area contributed by atoms with Gasteiger partial charge < -0.3 is 10.2 Å². The number of nitrogens with one attached hydrogen (secondary N) is 2. The summed E-state index contributed by atoms with van der Waals surface area (Å²) in [6.45, 7) is 1.97. The maximum atomic E-state index is 12.9. The van der Waals surface area contributed by atoms with Crippen molar-refractivity contribution in [1.29, 1.82) is 0 Å². The molecule has 0 spiro atoms. The highest BCUT2D eigenvalue weighted by Gasteiger charge is 2.31. The fourth-order valence-electron chi connectivity index (χ4n) is 3.92. The number of amides is 1. The molecule has 3 aromatic carbocycles. The van der Waals surface area contributed by atoms with Crippen molar-refractivity contribution in [2.45, 2.75) is 4.90 Å². The molecule has 0 bridgehead atoms. The van der Waals surface area contributed by atoms with E-state index in [4.69, 9.17) is 0 Å². The Morgan fingerprint density at radius 1 is 0.818 bits per heavy atom. The first-order chi connectivity index (χ1) is 15.9. The van der Waals surface area contributed by atoms with Gasteiger partial charge in [-0.2, -0.15) is 4.31 Å². The van der Waals surface area contributed by atoms with Crippen LogP contribution in [-0.2, 0) is 14.8 Å². The van der Waals surface area contributed by atoms with Gasteiger partial charge in [-0.3, -0.25) is 9.59 Å². The molecule has 1 fully saturated rings. The molecule has 0 aromatic heterocycles. The summed E-state index contributed by atoms with van der Waals surface area (Å²) in [5.74, 6) is -0.365. The molecule has 33 heavy (non-hydrogen) atoms. The minimum Gasteiger partial charge on any atom is -0.325 e. The van der Waals surface area contributed by atoms with Crippen LogP contribution in [0.4, 0.5) is 5.69 Å². The summed E-state index contributed by atoms with van der Waals surface area (Å²) in [6.07, 6.45) is 0. The third-order valence-corrected chi connectivity index (χ3v) is 7.62. The van der Waals surface area contributed by atoms with Crippen LogP contribution in [0, 0.1) is 0 Å². The van der Waals surface area contributed by atoms with Gasteiger partial charge in [0.15, 0.2) is 12.3 Å². The number of rotatable bonds is 7. The summed E-state index contributed by atoms with van der Waals surface area (Å²) in [5.41, 5.74) is 1.47. The van der Waals surface area contributed by atoms with E-state index in [1.165, 1.54) is 4.31 Å². The molecule has 3 aromatic rings. The van der Waals surface area contributed by atoms with E-state index in [1.807, 2.05) is 6.07 Å². The summed E-state index contributed by atoms with van der Waals surface area (Å²) >= 11 is 0. The smallest absolute Gasteiger partial charge is 0.279 e. The van der Waals surface area contributed by atoms with Gasteiger partial charge >= 0.3 is 0 Å². The number of ketones is 1. The van der Waals surface area contributed by atoms with Crippen LogP contribution < -0.4 is 10.2 Å². The third kappa shape index (κ3) is 5.36. The molecule has 8 heteroatoms. The highest BCUT2D eigenvalue weighted by atomic mass is 32.2. The molecule has 0 saturated carbocycles. The van der Waals surface area contributed by atoms with Gasteiger partial charge in [0.25, 0.3) is 5.91 Å². The lowest BCUT2D eigenvalue weighted by atomic mass is 10.0. The van der Waals surface area contributed by atoms with Crippen LogP contribution in [0.1, 0.15) is 15.9 Å². The molecule has 4 rings (SSSR count). The lowest BCUT2D eigenvalue weighted by Crippen LogP contribution is -3.15. The summed E-state index contributed by atoms with van der Waals surface area (Å²) in [7, 11) is -3.52. The minimum atomic E-state index is -3.52. The summed E-state index contributed by atoms with van der Waals surface area (Å²) < 4.78 is 27.0. The summed E-state index contributed by atoms with van der Waals surface area (Å²) in [5, 5.41) is 2.86. The minimum absolute atomic E-state index is 0.154. The van der Waals surface area contributed by atoms with Gasteiger partial charge in [-0.05, 0) is 24.3 Å². The standard InChI is InChI=1S/C25H25N3O4S/c29-24(26-23-14-8-7-13-22(23)25(30)20-9-3-1-4-10-20)19-27-15-17-28(18-16-27)33(31,32)21-11-5-2-6-12-21/h1-14H,15-19H2,(H,26,29)/p+1. The Bertz CT molecular complexity index is 1220. The highest BCUT2D eigenvalue weighted by Crippen LogP contribution is 2.19. The molecule has 1 aliphatic heterocycles. The normalized spacial score (nSPS) is 15.2. The van der Waals surface area contributed by atoms with Crippen LogP contribution in [0.15, 0.2) is 89.8 Å². The Hall–Kier alpha value is -3.33. The number of anilines is 1. The zero-order valence-corrected chi connectivity index (χ0v) is 18.9. The predicted octanol–water partition coefficient (Wildman–Crippen LogP) is 1.45. The number of hydrogen-bond donors (Lipinski definition) is 2. The quantitative estimate of drug-likeness (QED) is 0.518.